The fourth-order valence-corrected chi connectivity index (χ4v) is 4.45. The summed E-state index contributed by atoms with van der Waals surface area (Å²) in [5.74, 6) is -0.729. The van der Waals surface area contributed by atoms with Gasteiger partial charge in [-0.15, -0.1) is 0 Å². The first-order valence-corrected chi connectivity index (χ1v) is 12.1. The molecule has 0 atom stereocenters. The highest BCUT2D eigenvalue weighted by molar-refractivity contribution is 7.92. The van der Waals surface area contributed by atoms with E-state index < -0.39 is 15.8 Å². The Labute approximate surface area is 194 Å². The molecule has 0 aliphatic heterocycles. The first kappa shape index (κ1) is 24.4. The third-order valence-electron chi connectivity index (χ3n) is 5.08. The first-order chi connectivity index (χ1) is 15.9. The summed E-state index contributed by atoms with van der Waals surface area (Å²) >= 11 is 0. The lowest BCUT2D eigenvalue weighted by molar-refractivity contribution is 0.0693. The van der Waals surface area contributed by atoms with Gasteiger partial charge in [0.05, 0.1) is 11.5 Å². The number of nitrogens with zero attached hydrogens (tertiary/aromatic N) is 1. The van der Waals surface area contributed by atoms with Crippen molar-refractivity contribution in [2.24, 2.45) is 0 Å². The van der Waals surface area contributed by atoms with Gasteiger partial charge in [-0.2, -0.15) is 0 Å². The molecule has 0 spiro atoms. The summed E-state index contributed by atoms with van der Waals surface area (Å²) in [4.78, 5) is 14.8. The molecule has 33 heavy (non-hydrogen) atoms. The normalized spacial score (nSPS) is 11.2. The summed E-state index contributed by atoms with van der Waals surface area (Å²) in [6.45, 7) is 1.29. The van der Waals surface area contributed by atoms with E-state index in [2.05, 4.69) is 4.72 Å². The van der Waals surface area contributed by atoms with Crippen LogP contribution in [0.25, 0.3) is 0 Å². The second kappa shape index (κ2) is 11.6. The number of halogens is 1. The minimum absolute atomic E-state index is 0.0475. The Morgan fingerprint density at radius 3 is 2.39 bits per heavy atom. The zero-order chi connectivity index (χ0) is 23.7. The van der Waals surface area contributed by atoms with Crippen molar-refractivity contribution in [2.75, 3.05) is 31.5 Å². The molecule has 3 rings (SSSR count). The van der Waals surface area contributed by atoms with Gasteiger partial charge in [0.15, 0.2) is 0 Å². The van der Waals surface area contributed by atoms with E-state index in [-0.39, 0.29) is 22.1 Å². The van der Waals surface area contributed by atoms with E-state index in [1.807, 2.05) is 30.3 Å². The molecule has 0 unspecified atom stereocenters. The predicted octanol–water partition coefficient (Wildman–Crippen LogP) is 4.35. The fourth-order valence-electron chi connectivity index (χ4n) is 3.35. The van der Waals surface area contributed by atoms with Crippen LogP contribution in [0.1, 0.15) is 22.3 Å². The molecule has 1 amide bonds. The molecule has 6 nitrogen and oxygen atoms in total. The number of sulfonamides is 1. The van der Waals surface area contributed by atoms with Crippen LogP contribution in [0.5, 0.6) is 0 Å². The average Bonchev–Trinajstić information content (AvgIpc) is 2.83. The molecule has 0 saturated heterocycles. The highest BCUT2D eigenvalue weighted by atomic mass is 32.2. The lowest BCUT2D eigenvalue weighted by Crippen LogP contribution is -2.35. The lowest BCUT2D eigenvalue weighted by Gasteiger charge is -2.23. The van der Waals surface area contributed by atoms with Crippen molar-refractivity contribution in [2.45, 2.75) is 17.7 Å². The number of nitrogens with one attached hydrogen (secondary N) is 1. The molecular weight excluding hydrogens is 443 g/mol. The Morgan fingerprint density at radius 1 is 0.970 bits per heavy atom. The Kier molecular flexibility index (Phi) is 8.57. The molecular formula is C25H27FN2O4S. The fraction of sp³-hybridized carbons (Fsp3) is 0.240. The van der Waals surface area contributed by atoms with Gasteiger partial charge in [-0.25, -0.2) is 12.8 Å². The number of ether oxygens (including phenoxy) is 1. The maximum Gasteiger partial charge on any atom is 0.261 e. The van der Waals surface area contributed by atoms with Crippen molar-refractivity contribution in [3.63, 3.8) is 0 Å². The van der Waals surface area contributed by atoms with E-state index in [0.717, 1.165) is 12.8 Å². The summed E-state index contributed by atoms with van der Waals surface area (Å²) in [7, 11) is -2.38. The molecule has 0 fully saturated rings. The second-order valence-corrected chi connectivity index (χ2v) is 9.20. The van der Waals surface area contributed by atoms with Gasteiger partial charge >= 0.3 is 0 Å². The third-order valence-corrected chi connectivity index (χ3v) is 6.46. The zero-order valence-corrected chi connectivity index (χ0v) is 19.2. The van der Waals surface area contributed by atoms with E-state index >= 15 is 0 Å². The number of hydrogen-bond acceptors (Lipinski definition) is 4. The predicted molar refractivity (Wildman–Crippen MR) is 126 cm³/mol. The molecule has 0 aliphatic carbocycles. The van der Waals surface area contributed by atoms with Crippen molar-refractivity contribution in [3.8, 4) is 0 Å². The summed E-state index contributed by atoms with van der Waals surface area (Å²) in [5.41, 5.74) is 1.69. The Hall–Kier alpha value is -3.23. The minimum atomic E-state index is -3.95. The highest BCUT2D eigenvalue weighted by Crippen LogP contribution is 2.19. The number of rotatable bonds is 11. The van der Waals surface area contributed by atoms with Crippen molar-refractivity contribution in [1.82, 2.24) is 4.90 Å². The number of carbonyl (C=O) groups is 1. The smallest absolute Gasteiger partial charge is 0.261 e. The monoisotopic (exact) mass is 470 g/mol. The molecule has 0 aromatic heterocycles. The molecule has 0 aliphatic rings. The molecule has 0 heterocycles. The van der Waals surface area contributed by atoms with Gasteiger partial charge in [-0.3, -0.25) is 9.52 Å². The van der Waals surface area contributed by atoms with E-state index in [4.69, 9.17) is 4.74 Å². The van der Waals surface area contributed by atoms with Crippen LogP contribution in [0, 0.1) is 5.82 Å². The van der Waals surface area contributed by atoms with E-state index in [9.17, 15) is 17.6 Å². The van der Waals surface area contributed by atoms with E-state index in [0.29, 0.717) is 19.7 Å². The SMILES string of the molecule is COCCN(CCCc1ccccc1)C(=O)c1cccc(S(=O)(=O)Nc2ccc(F)cc2)c1. The zero-order valence-electron chi connectivity index (χ0n) is 18.4. The second-order valence-electron chi connectivity index (χ2n) is 7.51. The number of anilines is 1. The standard InChI is InChI=1S/C25H27FN2O4S/c1-32-18-17-28(16-6-9-20-7-3-2-4-8-20)25(29)21-10-5-11-24(19-21)33(30,31)27-23-14-12-22(26)13-15-23/h2-5,7-8,10-15,19,27H,6,9,16-18H2,1H3. The molecule has 3 aromatic rings. The summed E-state index contributed by atoms with van der Waals surface area (Å²) in [5, 5.41) is 0. The van der Waals surface area contributed by atoms with Gasteiger partial charge in [0.25, 0.3) is 15.9 Å². The quantitative estimate of drug-likeness (QED) is 0.452. The molecule has 3 aromatic carbocycles. The Bertz CT molecular complexity index is 1150. The van der Waals surface area contributed by atoms with Crippen molar-refractivity contribution < 1.29 is 22.3 Å². The Morgan fingerprint density at radius 2 is 1.70 bits per heavy atom. The topological polar surface area (TPSA) is 75.7 Å². The third kappa shape index (κ3) is 7.13. The number of amides is 1. The van der Waals surface area contributed by atoms with Crippen LogP contribution >= 0.6 is 0 Å². The number of benzene rings is 3. The molecule has 0 radical (unpaired) electrons. The number of carbonyl (C=O) groups excluding carboxylic acids is 1. The van der Waals surface area contributed by atoms with Crippen LogP contribution in [0.15, 0.2) is 83.8 Å². The number of aryl methyl sites for hydroxylation is 1. The Balaban J connectivity index is 1.73. The van der Waals surface area contributed by atoms with Gasteiger partial charge in [0, 0.05) is 31.5 Å². The van der Waals surface area contributed by atoms with Crippen LogP contribution in [-0.2, 0) is 21.2 Å². The molecule has 174 valence electrons. The lowest BCUT2D eigenvalue weighted by atomic mass is 10.1. The van der Waals surface area contributed by atoms with Crippen LogP contribution in [0.3, 0.4) is 0 Å². The number of methoxy groups -OCH3 is 1. The maximum atomic E-state index is 13.2. The van der Waals surface area contributed by atoms with Crippen LogP contribution < -0.4 is 4.72 Å². The molecule has 0 bridgehead atoms. The van der Waals surface area contributed by atoms with Gasteiger partial charge < -0.3 is 9.64 Å². The van der Waals surface area contributed by atoms with Crippen LogP contribution in [0.4, 0.5) is 10.1 Å². The van der Waals surface area contributed by atoms with Gasteiger partial charge in [-0.1, -0.05) is 36.4 Å². The van der Waals surface area contributed by atoms with Crippen molar-refractivity contribution >= 4 is 21.6 Å². The van der Waals surface area contributed by atoms with Gasteiger partial charge in [0.1, 0.15) is 5.82 Å². The molecule has 1 N–H and O–H groups in total. The molecule has 0 saturated carbocycles. The highest BCUT2D eigenvalue weighted by Gasteiger charge is 2.20. The van der Waals surface area contributed by atoms with E-state index in [1.54, 1.807) is 18.1 Å². The summed E-state index contributed by atoms with van der Waals surface area (Å²) < 4.78 is 46.2. The van der Waals surface area contributed by atoms with Crippen LogP contribution in [-0.4, -0.2) is 46.0 Å². The molecule has 8 heteroatoms. The van der Waals surface area contributed by atoms with Crippen molar-refractivity contribution in [3.05, 3.63) is 95.8 Å². The minimum Gasteiger partial charge on any atom is -0.383 e. The summed E-state index contributed by atoms with van der Waals surface area (Å²) in [6.07, 6.45) is 1.59. The van der Waals surface area contributed by atoms with E-state index in [1.165, 1.54) is 48.0 Å². The summed E-state index contributed by atoms with van der Waals surface area (Å²) in [6, 6.07) is 20.9. The van der Waals surface area contributed by atoms with Gasteiger partial charge in [0.2, 0.25) is 0 Å². The largest absolute Gasteiger partial charge is 0.383 e. The maximum absolute atomic E-state index is 13.2. The number of hydrogen-bond donors (Lipinski definition) is 1. The average molecular weight is 471 g/mol. The first-order valence-electron chi connectivity index (χ1n) is 10.6. The van der Waals surface area contributed by atoms with Gasteiger partial charge in [-0.05, 0) is 60.9 Å². The van der Waals surface area contributed by atoms with Crippen LogP contribution in [0.2, 0.25) is 0 Å². The van der Waals surface area contributed by atoms with Crippen molar-refractivity contribution in [1.29, 1.82) is 0 Å².